The smallest absolute Gasteiger partial charge is 0.228 e. The van der Waals surface area contributed by atoms with Crippen molar-refractivity contribution in [2.24, 2.45) is 0 Å². The summed E-state index contributed by atoms with van der Waals surface area (Å²) >= 11 is 0. The van der Waals surface area contributed by atoms with Gasteiger partial charge in [-0.1, -0.05) is 23.4 Å². The molecule has 20 heavy (non-hydrogen) atoms. The number of hydrogen-bond acceptors (Lipinski definition) is 6. The van der Waals surface area contributed by atoms with Crippen molar-refractivity contribution < 1.29 is 14.0 Å². The number of rotatable bonds is 5. The zero-order valence-electron chi connectivity index (χ0n) is 11.1. The van der Waals surface area contributed by atoms with E-state index in [1.54, 1.807) is 0 Å². The first-order valence-corrected chi connectivity index (χ1v) is 6.70. The van der Waals surface area contributed by atoms with E-state index in [-0.39, 0.29) is 6.04 Å². The van der Waals surface area contributed by atoms with Gasteiger partial charge in [0.15, 0.2) is 6.61 Å². The van der Waals surface area contributed by atoms with Crippen LogP contribution in [0, 0.1) is 0 Å². The van der Waals surface area contributed by atoms with E-state index in [1.807, 2.05) is 30.3 Å². The monoisotopic (exact) mass is 275 g/mol. The number of ether oxygens (including phenoxy) is 2. The van der Waals surface area contributed by atoms with Crippen molar-refractivity contribution >= 4 is 0 Å². The molecule has 2 heterocycles. The van der Waals surface area contributed by atoms with E-state index < -0.39 is 0 Å². The first-order chi connectivity index (χ1) is 9.90. The van der Waals surface area contributed by atoms with Gasteiger partial charge in [0.2, 0.25) is 11.7 Å². The average molecular weight is 275 g/mol. The molecular formula is C14H17N3O3. The summed E-state index contributed by atoms with van der Waals surface area (Å²) in [6.45, 7) is 2.61. The molecule has 0 bridgehead atoms. The summed E-state index contributed by atoms with van der Waals surface area (Å²) in [4.78, 5) is 4.32. The second-order valence-corrected chi connectivity index (χ2v) is 4.64. The van der Waals surface area contributed by atoms with Gasteiger partial charge in [-0.2, -0.15) is 4.98 Å². The van der Waals surface area contributed by atoms with Crippen molar-refractivity contribution in [2.75, 3.05) is 19.8 Å². The highest BCUT2D eigenvalue weighted by Crippen LogP contribution is 2.11. The average Bonchev–Trinajstić information content (AvgIpc) is 2.95. The molecule has 6 heteroatoms. The summed E-state index contributed by atoms with van der Waals surface area (Å²) in [7, 11) is 0. The number of nitrogens with one attached hydrogen (secondary N) is 1. The molecule has 1 aliphatic heterocycles. The summed E-state index contributed by atoms with van der Waals surface area (Å²) < 4.78 is 16.2. The van der Waals surface area contributed by atoms with Gasteiger partial charge in [0.1, 0.15) is 5.75 Å². The molecule has 1 aliphatic rings. The molecule has 1 fully saturated rings. The number of hydrogen-bond donors (Lipinski definition) is 1. The van der Waals surface area contributed by atoms with Gasteiger partial charge in [-0.25, -0.2) is 0 Å². The number of aromatic nitrogens is 2. The van der Waals surface area contributed by atoms with Crippen LogP contribution in [-0.2, 0) is 17.8 Å². The zero-order chi connectivity index (χ0) is 13.6. The summed E-state index contributed by atoms with van der Waals surface area (Å²) in [5, 5.41) is 7.27. The Kier molecular flexibility index (Phi) is 4.25. The molecule has 1 aromatic carbocycles. The van der Waals surface area contributed by atoms with Crippen LogP contribution in [0.1, 0.15) is 11.7 Å². The molecule has 1 atom stereocenters. The Labute approximate surface area is 117 Å². The lowest BCUT2D eigenvalue weighted by molar-refractivity contribution is 0.0744. The number of para-hydroxylation sites is 1. The van der Waals surface area contributed by atoms with Crippen molar-refractivity contribution in [3.05, 3.63) is 42.0 Å². The minimum atomic E-state index is 0.243. The van der Waals surface area contributed by atoms with Crippen LogP contribution < -0.4 is 10.1 Å². The Hall–Kier alpha value is -1.92. The van der Waals surface area contributed by atoms with Crippen LogP contribution in [0.25, 0.3) is 0 Å². The Balaban J connectivity index is 1.51. The normalized spacial score (nSPS) is 18.9. The highest BCUT2D eigenvalue weighted by atomic mass is 16.5. The number of benzene rings is 1. The second kappa shape index (κ2) is 6.49. The van der Waals surface area contributed by atoms with Crippen LogP contribution in [0.15, 0.2) is 34.9 Å². The maximum Gasteiger partial charge on any atom is 0.228 e. The van der Waals surface area contributed by atoms with Crippen molar-refractivity contribution in [1.29, 1.82) is 0 Å². The molecule has 1 N–H and O–H groups in total. The van der Waals surface area contributed by atoms with E-state index >= 15 is 0 Å². The summed E-state index contributed by atoms with van der Waals surface area (Å²) in [6, 6.07) is 9.82. The highest BCUT2D eigenvalue weighted by molar-refractivity contribution is 5.20. The molecule has 0 aliphatic carbocycles. The van der Waals surface area contributed by atoms with Gasteiger partial charge in [0, 0.05) is 19.0 Å². The van der Waals surface area contributed by atoms with Gasteiger partial charge in [-0.05, 0) is 12.1 Å². The predicted octanol–water partition coefficient (Wildman–Crippen LogP) is 1.18. The first-order valence-electron chi connectivity index (χ1n) is 6.70. The van der Waals surface area contributed by atoms with Gasteiger partial charge in [-0.15, -0.1) is 0 Å². The minimum Gasteiger partial charge on any atom is -0.485 e. The van der Waals surface area contributed by atoms with Crippen molar-refractivity contribution in [1.82, 2.24) is 15.5 Å². The Bertz CT molecular complexity index is 523. The molecule has 0 amide bonds. The number of morpholine rings is 1. The predicted molar refractivity (Wildman–Crippen MR) is 71.4 cm³/mol. The minimum absolute atomic E-state index is 0.243. The van der Waals surface area contributed by atoms with Crippen LogP contribution in [0.4, 0.5) is 0 Å². The van der Waals surface area contributed by atoms with Gasteiger partial charge >= 0.3 is 0 Å². The van der Waals surface area contributed by atoms with E-state index in [9.17, 15) is 0 Å². The SMILES string of the molecule is c1ccc(OCc2noc(CC3COCCN3)n2)cc1. The molecule has 0 saturated carbocycles. The standard InChI is InChI=1S/C14H17N3O3/c1-2-4-12(5-3-1)19-10-13-16-14(20-17-13)8-11-9-18-7-6-15-11/h1-5,11,15H,6-10H2. The van der Waals surface area contributed by atoms with E-state index in [0.717, 1.165) is 18.9 Å². The third-order valence-electron chi connectivity index (χ3n) is 3.04. The first kappa shape index (κ1) is 13.1. The maximum atomic E-state index is 5.57. The fourth-order valence-corrected chi connectivity index (χ4v) is 2.06. The van der Waals surface area contributed by atoms with Gasteiger partial charge < -0.3 is 19.3 Å². The quantitative estimate of drug-likeness (QED) is 0.883. The number of nitrogens with zero attached hydrogens (tertiary/aromatic N) is 2. The second-order valence-electron chi connectivity index (χ2n) is 4.64. The topological polar surface area (TPSA) is 69.4 Å². The molecule has 0 spiro atoms. The van der Waals surface area contributed by atoms with Crippen molar-refractivity contribution in [3.8, 4) is 5.75 Å². The van der Waals surface area contributed by atoms with Crippen LogP contribution in [0.3, 0.4) is 0 Å². The third kappa shape index (κ3) is 3.55. The Morgan fingerprint density at radius 1 is 1.30 bits per heavy atom. The summed E-state index contributed by atoms with van der Waals surface area (Å²) in [5.41, 5.74) is 0. The van der Waals surface area contributed by atoms with Gasteiger partial charge in [0.25, 0.3) is 0 Å². The van der Waals surface area contributed by atoms with Crippen LogP contribution in [0.5, 0.6) is 5.75 Å². The molecule has 3 rings (SSSR count). The molecule has 1 aromatic heterocycles. The van der Waals surface area contributed by atoms with Crippen LogP contribution in [-0.4, -0.2) is 35.9 Å². The largest absolute Gasteiger partial charge is 0.485 e. The van der Waals surface area contributed by atoms with E-state index in [1.165, 1.54) is 0 Å². The van der Waals surface area contributed by atoms with E-state index in [0.29, 0.717) is 31.3 Å². The lowest BCUT2D eigenvalue weighted by Crippen LogP contribution is -2.42. The van der Waals surface area contributed by atoms with Crippen molar-refractivity contribution in [3.63, 3.8) is 0 Å². The van der Waals surface area contributed by atoms with Crippen molar-refractivity contribution in [2.45, 2.75) is 19.1 Å². The summed E-state index contributed by atoms with van der Waals surface area (Å²) in [5.74, 6) is 1.96. The van der Waals surface area contributed by atoms with Crippen LogP contribution >= 0.6 is 0 Å². The molecule has 1 unspecified atom stereocenters. The van der Waals surface area contributed by atoms with Gasteiger partial charge in [0.05, 0.1) is 13.2 Å². The van der Waals surface area contributed by atoms with Gasteiger partial charge in [-0.3, -0.25) is 0 Å². The third-order valence-corrected chi connectivity index (χ3v) is 3.04. The Morgan fingerprint density at radius 2 is 2.20 bits per heavy atom. The molecule has 0 radical (unpaired) electrons. The van der Waals surface area contributed by atoms with Crippen LogP contribution in [0.2, 0.25) is 0 Å². The molecular weight excluding hydrogens is 258 g/mol. The zero-order valence-corrected chi connectivity index (χ0v) is 11.1. The Morgan fingerprint density at radius 3 is 3.00 bits per heavy atom. The lowest BCUT2D eigenvalue weighted by atomic mass is 10.2. The summed E-state index contributed by atoms with van der Waals surface area (Å²) in [6.07, 6.45) is 0.679. The molecule has 106 valence electrons. The molecule has 1 saturated heterocycles. The fourth-order valence-electron chi connectivity index (χ4n) is 2.06. The molecule has 6 nitrogen and oxygen atoms in total. The fraction of sp³-hybridized carbons (Fsp3) is 0.429. The lowest BCUT2D eigenvalue weighted by Gasteiger charge is -2.22. The highest BCUT2D eigenvalue weighted by Gasteiger charge is 2.17. The van der Waals surface area contributed by atoms with E-state index in [4.69, 9.17) is 14.0 Å². The molecule has 2 aromatic rings. The van der Waals surface area contributed by atoms with E-state index in [2.05, 4.69) is 15.5 Å². The maximum absolute atomic E-state index is 5.57.